The van der Waals surface area contributed by atoms with Gasteiger partial charge >= 0.3 is 5.97 Å². The zero-order chi connectivity index (χ0) is 49.0. The number of likely N-dealkylation sites (N-methyl/N-ethyl adjacent to an activating group) is 2. The average Bonchev–Trinajstić information content (AvgIpc) is 3.65. The summed E-state index contributed by atoms with van der Waals surface area (Å²) in [6, 6.07) is 6.96. The zero-order valence-corrected chi connectivity index (χ0v) is 41.3. The number of carbonyl (C=O) groups excluding carboxylic acids is 6. The fourth-order valence-electron chi connectivity index (χ4n) is 10.2. The molecule has 3 N–H and O–H groups in total. The Morgan fingerprint density at radius 2 is 1.52 bits per heavy atom. The van der Waals surface area contributed by atoms with Gasteiger partial charge in [0.05, 0.1) is 42.7 Å². The first-order valence-electron chi connectivity index (χ1n) is 24.0. The van der Waals surface area contributed by atoms with Crippen molar-refractivity contribution in [2.75, 3.05) is 47.9 Å². The van der Waals surface area contributed by atoms with Gasteiger partial charge in [-0.05, 0) is 69.0 Å². The molecule has 2 aliphatic heterocycles. The van der Waals surface area contributed by atoms with E-state index >= 15 is 0 Å². The maximum absolute atomic E-state index is 14.6. The summed E-state index contributed by atoms with van der Waals surface area (Å²) in [5.41, 5.74) is -0.571. The third-order valence-electron chi connectivity index (χ3n) is 14.3. The van der Waals surface area contributed by atoms with Crippen molar-refractivity contribution in [3.63, 3.8) is 0 Å². The van der Waals surface area contributed by atoms with Crippen LogP contribution in [0.25, 0.3) is 0 Å². The number of imide groups is 1. The number of rotatable bonds is 27. The third kappa shape index (κ3) is 12.9. The van der Waals surface area contributed by atoms with E-state index in [0.717, 1.165) is 24.8 Å². The minimum Gasteiger partial charge on any atom is -0.479 e. The quantitative estimate of drug-likeness (QED) is 0.0824. The molecule has 1 aliphatic carbocycles. The van der Waals surface area contributed by atoms with Gasteiger partial charge in [-0.15, -0.1) is 0 Å². The lowest BCUT2D eigenvalue weighted by atomic mass is 9.89. The summed E-state index contributed by atoms with van der Waals surface area (Å²) in [4.78, 5) is 99.8. The first kappa shape index (κ1) is 53.9. The molecule has 0 radical (unpaired) electrons. The van der Waals surface area contributed by atoms with Gasteiger partial charge < -0.3 is 35.0 Å². The molecule has 6 amide bonds. The highest BCUT2D eigenvalue weighted by Gasteiger charge is 2.63. The van der Waals surface area contributed by atoms with E-state index in [9.17, 15) is 38.7 Å². The Morgan fingerprint density at radius 3 is 2.08 bits per heavy atom. The van der Waals surface area contributed by atoms with Crippen LogP contribution in [0.15, 0.2) is 42.5 Å². The zero-order valence-electron chi connectivity index (χ0n) is 41.3. The number of carbonyl (C=O) groups is 7. The number of amides is 6. The SMILES string of the molecule is CC[C@H](C)[C@@H]([C@@H](CC(=O)N1CCC[C@H]1[C@H](OC)[C@@H](C)C(=O)N[C@@]1(C(=O)O)C[C@@H]1c1ccccc1)OC)N(C)C(=O)[C@@H](NC(=O)[C@H](C(C)C)N(C)CCCCCCN1C(=O)C=CC1=O)C(C)C. The average molecular weight is 923 g/mol. The summed E-state index contributed by atoms with van der Waals surface area (Å²) in [6.45, 7) is 15.0. The summed E-state index contributed by atoms with van der Waals surface area (Å²) in [5, 5.41) is 16.2. The van der Waals surface area contributed by atoms with Crippen molar-refractivity contribution in [1.82, 2.24) is 30.2 Å². The predicted octanol–water partition coefficient (Wildman–Crippen LogP) is 4.62. The fourth-order valence-corrected chi connectivity index (χ4v) is 10.2. The number of carboxylic acids is 1. The molecule has 3 aliphatic rings. The summed E-state index contributed by atoms with van der Waals surface area (Å²) in [7, 11) is 6.66. The van der Waals surface area contributed by atoms with Crippen molar-refractivity contribution in [3.8, 4) is 0 Å². The topological polar surface area (TPSA) is 195 Å². The highest BCUT2D eigenvalue weighted by molar-refractivity contribution is 6.12. The van der Waals surface area contributed by atoms with E-state index in [2.05, 4.69) is 10.6 Å². The number of hydrogen-bond acceptors (Lipinski definition) is 10. The van der Waals surface area contributed by atoms with E-state index in [4.69, 9.17) is 9.47 Å². The van der Waals surface area contributed by atoms with Gasteiger partial charge in [0.2, 0.25) is 23.6 Å². The second-order valence-electron chi connectivity index (χ2n) is 19.5. The maximum atomic E-state index is 14.6. The van der Waals surface area contributed by atoms with Crippen LogP contribution in [0.2, 0.25) is 0 Å². The minimum atomic E-state index is -1.41. The first-order chi connectivity index (χ1) is 31.3. The Labute approximate surface area is 392 Å². The minimum absolute atomic E-state index is 0.0395. The van der Waals surface area contributed by atoms with Crippen LogP contribution in [-0.4, -0.2) is 156 Å². The molecule has 4 rings (SSSR count). The summed E-state index contributed by atoms with van der Waals surface area (Å²) >= 11 is 0. The van der Waals surface area contributed by atoms with E-state index in [0.29, 0.717) is 45.3 Å². The summed E-state index contributed by atoms with van der Waals surface area (Å²) < 4.78 is 12.0. The van der Waals surface area contributed by atoms with Gasteiger partial charge in [0.15, 0.2) is 0 Å². The monoisotopic (exact) mass is 923 g/mol. The van der Waals surface area contributed by atoms with Crippen molar-refractivity contribution >= 4 is 41.4 Å². The number of aliphatic carboxylic acids is 1. The van der Waals surface area contributed by atoms with Gasteiger partial charge in [0.1, 0.15) is 11.6 Å². The van der Waals surface area contributed by atoms with Gasteiger partial charge in [-0.1, -0.05) is 98.1 Å². The number of nitrogens with one attached hydrogen (secondary N) is 2. The van der Waals surface area contributed by atoms with Crippen molar-refractivity contribution in [2.24, 2.45) is 23.7 Å². The van der Waals surface area contributed by atoms with Gasteiger partial charge in [0.25, 0.3) is 11.8 Å². The molecular formula is C50H78N6O10. The molecule has 1 aromatic rings. The predicted molar refractivity (Wildman–Crippen MR) is 251 cm³/mol. The van der Waals surface area contributed by atoms with E-state index < -0.39 is 59.7 Å². The van der Waals surface area contributed by atoms with E-state index in [1.807, 2.05) is 83.8 Å². The molecule has 66 heavy (non-hydrogen) atoms. The number of unbranched alkanes of at least 4 members (excludes halogenated alkanes) is 3. The van der Waals surface area contributed by atoms with Crippen molar-refractivity contribution in [3.05, 3.63) is 48.0 Å². The third-order valence-corrected chi connectivity index (χ3v) is 14.3. The second-order valence-corrected chi connectivity index (χ2v) is 19.5. The van der Waals surface area contributed by atoms with E-state index in [-0.39, 0.29) is 66.0 Å². The molecule has 16 nitrogen and oxygen atoms in total. The van der Waals surface area contributed by atoms with Crippen LogP contribution in [0, 0.1) is 23.7 Å². The summed E-state index contributed by atoms with van der Waals surface area (Å²) in [5.74, 6) is -4.34. The van der Waals surface area contributed by atoms with Crippen molar-refractivity contribution in [2.45, 2.75) is 154 Å². The lowest BCUT2D eigenvalue weighted by Gasteiger charge is -2.41. The van der Waals surface area contributed by atoms with Crippen LogP contribution in [0.1, 0.15) is 118 Å². The van der Waals surface area contributed by atoms with E-state index in [1.165, 1.54) is 31.3 Å². The molecule has 1 saturated heterocycles. The summed E-state index contributed by atoms with van der Waals surface area (Å²) in [6.07, 6.45) is 6.62. The normalized spacial score (nSPS) is 22.6. The smallest absolute Gasteiger partial charge is 0.330 e. The Balaban J connectivity index is 1.40. The molecule has 16 heteroatoms. The van der Waals surface area contributed by atoms with Gasteiger partial charge in [-0.2, -0.15) is 0 Å². The Bertz CT molecular complexity index is 1860. The number of nitrogens with zero attached hydrogens (tertiary/aromatic N) is 4. The van der Waals surface area contributed by atoms with Gasteiger partial charge in [-0.25, -0.2) is 4.79 Å². The standard InChI is InChI=1S/C50H78N6O10/c1-12-33(6)44(54(9)48(62)42(31(2)3)51-47(61)43(32(4)5)53(8)26-18-13-14-19-27-56-39(57)24-25-40(56)58)38(65-10)29-41(59)55-28-20-23-37(55)45(66-11)34(7)46(60)52-50(49(63)64)30-36(50)35-21-16-15-17-22-35/h15-17,21-22,24-25,31-34,36-38,42-45H,12-14,18-20,23,26-30H2,1-11H3,(H,51,61)(H,52,60)(H,63,64)/t33-,34+,36+,37-,38+,42-,43-,44-,45+,50-/m0/s1. The molecule has 0 unspecified atom stereocenters. The van der Waals surface area contributed by atoms with Crippen LogP contribution in [-0.2, 0) is 43.0 Å². The number of benzene rings is 1. The van der Waals surface area contributed by atoms with Crippen LogP contribution < -0.4 is 10.6 Å². The van der Waals surface area contributed by atoms with Gasteiger partial charge in [0, 0.05) is 52.4 Å². The first-order valence-corrected chi connectivity index (χ1v) is 24.0. The molecule has 2 heterocycles. The Hall–Kier alpha value is -4.67. The molecule has 0 aromatic heterocycles. The molecule has 2 fully saturated rings. The molecule has 1 saturated carbocycles. The molecule has 0 spiro atoms. The van der Waals surface area contributed by atoms with Gasteiger partial charge in [-0.3, -0.25) is 38.6 Å². The van der Waals surface area contributed by atoms with E-state index in [1.54, 1.807) is 23.8 Å². The number of methoxy groups -OCH3 is 2. The van der Waals surface area contributed by atoms with Crippen LogP contribution >= 0.6 is 0 Å². The molecular weight excluding hydrogens is 845 g/mol. The number of carboxylic acid groups (broad SMARTS) is 1. The van der Waals surface area contributed by atoms with Crippen LogP contribution in [0.3, 0.4) is 0 Å². The lowest BCUT2D eigenvalue weighted by Crippen LogP contribution is -2.60. The highest BCUT2D eigenvalue weighted by Crippen LogP contribution is 2.52. The lowest BCUT2D eigenvalue weighted by molar-refractivity contribution is -0.148. The molecule has 10 atom stereocenters. The molecule has 1 aromatic carbocycles. The van der Waals surface area contributed by atoms with Crippen LogP contribution in [0.4, 0.5) is 0 Å². The fraction of sp³-hybridized carbons (Fsp3) is 0.700. The Kier molecular flexibility index (Phi) is 19.9. The molecule has 0 bridgehead atoms. The second kappa shape index (κ2) is 24.4. The highest BCUT2D eigenvalue weighted by atomic mass is 16.5. The number of ether oxygens (including phenoxy) is 2. The maximum Gasteiger partial charge on any atom is 0.330 e. The largest absolute Gasteiger partial charge is 0.479 e. The molecule has 368 valence electrons. The van der Waals surface area contributed by atoms with Crippen molar-refractivity contribution in [1.29, 1.82) is 0 Å². The number of likely N-dealkylation sites (tertiary alicyclic amines) is 1. The van der Waals surface area contributed by atoms with Crippen LogP contribution in [0.5, 0.6) is 0 Å². The number of hydrogen-bond donors (Lipinski definition) is 3. The Morgan fingerprint density at radius 1 is 0.879 bits per heavy atom. The van der Waals surface area contributed by atoms with Crippen molar-refractivity contribution < 1.29 is 48.1 Å².